The molecule has 174 valence electrons. The zero-order valence-corrected chi connectivity index (χ0v) is 18.6. The van der Waals surface area contributed by atoms with Gasteiger partial charge in [-0.25, -0.2) is 4.89 Å². The molecule has 4 rings (SSSR count). The van der Waals surface area contributed by atoms with Crippen LogP contribution >= 0.6 is 11.6 Å². The third kappa shape index (κ3) is 2.76. The van der Waals surface area contributed by atoms with E-state index in [1.807, 2.05) is 0 Å². The smallest absolute Gasteiger partial charge is 0.255 e. The predicted octanol–water partition coefficient (Wildman–Crippen LogP) is 0.668. The number of fused-ring (bicyclic) bond motifs is 2. The van der Waals surface area contributed by atoms with E-state index in [1.54, 1.807) is 0 Å². The Kier molecular flexibility index (Phi) is 5.15. The van der Waals surface area contributed by atoms with Crippen LogP contribution in [-0.2, 0) is 24.9 Å². The predicted molar refractivity (Wildman–Crippen MR) is 113 cm³/mol. The number of hydrogen-bond donors (Lipinski definition) is 4. The Hall–Kier alpha value is -2.89. The fraction of sp³-hybridized carbons (Fsp3) is 0.364. The summed E-state index contributed by atoms with van der Waals surface area (Å²) in [6.07, 6.45) is -0.324. The molecule has 3 aliphatic carbocycles. The van der Waals surface area contributed by atoms with E-state index in [-0.39, 0.29) is 28.1 Å². The second kappa shape index (κ2) is 7.31. The van der Waals surface area contributed by atoms with E-state index in [4.69, 9.17) is 22.2 Å². The molecule has 0 bridgehead atoms. The standard InChI is InChI=1S/C22H21ClN2O8/c1-21(33-32)9-7-10-15(25(2)3)17(27)13(20(24)30)19(29)22(10,31)18(28)12(9)16(26)8-5-4-6-11(23)14(8)21/h4-6,10,15,29,31-32H,7H2,1-3H3,(H2,24,30). The minimum atomic E-state index is -2.78. The molecular weight excluding hydrogens is 456 g/mol. The average molecular weight is 477 g/mol. The second-order valence-electron chi connectivity index (χ2n) is 8.74. The lowest BCUT2D eigenvalue weighted by Gasteiger charge is -2.50. The van der Waals surface area contributed by atoms with Gasteiger partial charge in [-0.2, -0.15) is 0 Å². The van der Waals surface area contributed by atoms with Gasteiger partial charge in [-0.3, -0.25) is 29.3 Å². The van der Waals surface area contributed by atoms with Gasteiger partial charge in [-0.1, -0.05) is 23.7 Å². The maximum Gasteiger partial charge on any atom is 0.255 e. The molecule has 0 radical (unpaired) electrons. The summed E-state index contributed by atoms with van der Waals surface area (Å²) in [7, 11) is 2.97. The minimum absolute atomic E-state index is 0.00903. The number of nitrogens with two attached hydrogens (primary N) is 1. The summed E-state index contributed by atoms with van der Waals surface area (Å²) in [5.41, 5.74) is -0.632. The first kappa shape index (κ1) is 23.3. The van der Waals surface area contributed by atoms with Crippen molar-refractivity contribution in [1.29, 1.82) is 0 Å². The molecule has 0 saturated carbocycles. The molecule has 10 nitrogen and oxygen atoms in total. The number of aliphatic hydroxyl groups is 2. The number of benzene rings is 1. The Labute approximate surface area is 192 Å². The first-order chi connectivity index (χ1) is 15.3. The summed E-state index contributed by atoms with van der Waals surface area (Å²) >= 11 is 6.32. The number of carbonyl (C=O) groups excluding carboxylic acids is 4. The maximum absolute atomic E-state index is 13.7. The van der Waals surface area contributed by atoms with Crippen molar-refractivity contribution in [3.63, 3.8) is 0 Å². The van der Waals surface area contributed by atoms with Crippen molar-refractivity contribution < 1.29 is 39.5 Å². The number of likely N-dealkylation sites (N-methyl/N-ethyl adjacent to an activating group) is 1. The number of Topliss-reactive ketones (excluding diaryl/α,β-unsaturated/α-hetero) is 3. The highest BCUT2D eigenvalue weighted by Crippen LogP contribution is 2.54. The van der Waals surface area contributed by atoms with Crippen LogP contribution < -0.4 is 5.73 Å². The molecule has 1 amide bonds. The summed E-state index contributed by atoms with van der Waals surface area (Å²) in [6.45, 7) is 1.40. The summed E-state index contributed by atoms with van der Waals surface area (Å²) in [5.74, 6) is -6.77. The number of ketones is 3. The Balaban J connectivity index is 2.06. The zero-order valence-electron chi connectivity index (χ0n) is 17.9. The third-order valence-corrected chi connectivity index (χ3v) is 7.17. The van der Waals surface area contributed by atoms with Gasteiger partial charge in [0.25, 0.3) is 5.91 Å². The third-order valence-electron chi connectivity index (χ3n) is 6.85. The summed E-state index contributed by atoms with van der Waals surface area (Å²) < 4.78 is 0. The Morgan fingerprint density at radius 2 is 1.91 bits per heavy atom. The second-order valence-corrected chi connectivity index (χ2v) is 9.14. The molecule has 5 N–H and O–H groups in total. The quantitative estimate of drug-likeness (QED) is 0.278. The molecule has 0 fully saturated rings. The van der Waals surface area contributed by atoms with Gasteiger partial charge in [-0.15, -0.1) is 0 Å². The average Bonchev–Trinajstić information content (AvgIpc) is 2.73. The van der Waals surface area contributed by atoms with E-state index < -0.39 is 63.3 Å². The van der Waals surface area contributed by atoms with Crippen LogP contribution in [0.5, 0.6) is 0 Å². The van der Waals surface area contributed by atoms with E-state index in [1.165, 1.54) is 44.1 Å². The number of hydrogen-bond acceptors (Lipinski definition) is 9. The monoisotopic (exact) mass is 476 g/mol. The van der Waals surface area contributed by atoms with Gasteiger partial charge in [0.05, 0.1) is 11.6 Å². The van der Waals surface area contributed by atoms with Gasteiger partial charge in [0.1, 0.15) is 16.9 Å². The number of aliphatic hydroxyl groups excluding tert-OH is 1. The lowest BCUT2D eigenvalue weighted by molar-refractivity contribution is -0.313. The molecule has 1 aromatic carbocycles. The molecule has 3 aliphatic rings. The molecule has 0 aliphatic heterocycles. The van der Waals surface area contributed by atoms with Gasteiger partial charge in [0.2, 0.25) is 5.78 Å². The Bertz CT molecular complexity index is 1220. The van der Waals surface area contributed by atoms with Crippen molar-refractivity contribution in [1.82, 2.24) is 4.90 Å². The highest BCUT2D eigenvalue weighted by molar-refractivity contribution is 6.36. The van der Waals surface area contributed by atoms with Crippen molar-refractivity contribution in [3.8, 4) is 0 Å². The number of nitrogens with zero attached hydrogens (tertiary/aromatic N) is 1. The molecule has 4 unspecified atom stereocenters. The normalized spacial score (nSPS) is 31.5. The van der Waals surface area contributed by atoms with Gasteiger partial charge in [0, 0.05) is 22.1 Å². The fourth-order valence-electron chi connectivity index (χ4n) is 5.32. The van der Waals surface area contributed by atoms with Crippen LogP contribution in [0.3, 0.4) is 0 Å². The molecule has 33 heavy (non-hydrogen) atoms. The molecule has 0 saturated heterocycles. The summed E-state index contributed by atoms with van der Waals surface area (Å²) in [4.78, 5) is 58.3. The van der Waals surface area contributed by atoms with Gasteiger partial charge in [0.15, 0.2) is 17.2 Å². The number of rotatable bonds is 3. The highest BCUT2D eigenvalue weighted by atomic mass is 35.5. The largest absolute Gasteiger partial charge is 0.508 e. The van der Waals surface area contributed by atoms with Crippen molar-refractivity contribution in [2.24, 2.45) is 11.7 Å². The van der Waals surface area contributed by atoms with E-state index in [2.05, 4.69) is 0 Å². The lowest BCUT2D eigenvalue weighted by atomic mass is 9.57. The van der Waals surface area contributed by atoms with Crippen molar-refractivity contribution >= 4 is 34.9 Å². The van der Waals surface area contributed by atoms with E-state index in [9.17, 15) is 34.6 Å². The van der Waals surface area contributed by atoms with E-state index in [0.29, 0.717) is 0 Å². The van der Waals surface area contributed by atoms with Crippen LogP contribution in [0.2, 0.25) is 5.02 Å². The molecule has 0 aromatic heterocycles. The maximum atomic E-state index is 13.7. The van der Waals surface area contributed by atoms with E-state index in [0.717, 1.165) is 0 Å². The highest BCUT2D eigenvalue weighted by Gasteiger charge is 2.65. The first-order valence-electron chi connectivity index (χ1n) is 9.95. The van der Waals surface area contributed by atoms with Crippen molar-refractivity contribution in [3.05, 3.63) is 56.8 Å². The Morgan fingerprint density at radius 1 is 1.27 bits per heavy atom. The zero-order chi connectivity index (χ0) is 24.6. The van der Waals surface area contributed by atoms with Crippen molar-refractivity contribution in [2.45, 2.75) is 30.6 Å². The number of amides is 1. The van der Waals surface area contributed by atoms with Gasteiger partial charge in [-0.05, 0) is 39.1 Å². The minimum Gasteiger partial charge on any atom is -0.508 e. The van der Waals surface area contributed by atoms with Crippen LogP contribution in [0.1, 0.15) is 29.3 Å². The number of carbonyl (C=O) groups is 4. The van der Waals surface area contributed by atoms with Crippen LogP contribution in [0.15, 0.2) is 40.7 Å². The lowest BCUT2D eigenvalue weighted by Crippen LogP contribution is -2.65. The topological polar surface area (TPSA) is 167 Å². The van der Waals surface area contributed by atoms with Gasteiger partial charge < -0.3 is 15.9 Å². The van der Waals surface area contributed by atoms with E-state index >= 15 is 0 Å². The molecule has 0 heterocycles. The van der Waals surface area contributed by atoms with Crippen LogP contribution in [0.25, 0.3) is 0 Å². The molecule has 1 aromatic rings. The SMILES string of the molecule is CN(C)C1C(=O)C(C(N)=O)=C(O)C2(O)C(=O)C3=C(CC12)C(C)(OO)c1c(Cl)cccc1C3=O. The molecular formula is C22H21ClN2O8. The fourth-order valence-corrected chi connectivity index (χ4v) is 5.67. The first-order valence-corrected chi connectivity index (χ1v) is 10.3. The summed E-state index contributed by atoms with van der Waals surface area (Å²) in [6, 6.07) is 3.07. The number of primary amides is 1. The Morgan fingerprint density at radius 3 is 2.45 bits per heavy atom. The summed E-state index contributed by atoms with van der Waals surface area (Å²) in [5, 5.41) is 32.3. The van der Waals surface area contributed by atoms with Crippen LogP contribution in [0, 0.1) is 5.92 Å². The molecule has 11 heteroatoms. The van der Waals surface area contributed by atoms with Crippen LogP contribution in [0.4, 0.5) is 0 Å². The molecule has 4 atom stereocenters. The van der Waals surface area contributed by atoms with Crippen molar-refractivity contribution in [2.75, 3.05) is 14.1 Å². The number of halogens is 1. The van der Waals surface area contributed by atoms with Gasteiger partial charge >= 0.3 is 0 Å². The molecule has 0 spiro atoms. The van der Waals surface area contributed by atoms with Crippen LogP contribution in [-0.4, -0.2) is 69.4 Å².